The molecule has 2 rings (SSSR count). The van der Waals surface area contributed by atoms with Crippen molar-refractivity contribution in [1.29, 1.82) is 0 Å². The predicted octanol–water partition coefficient (Wildman–Crippen LogP) is 4.53. The zero-order valence-corrected chi connectivity index (χ0v) is 11.0. The molecule has 2 atom stereocenters. The van der Waals surface area contributed by atoms with E-state index in [-0.39, 0.29) is 0 Å². The van der Waals surface area contributed by atoms with Gasteiger partial charge in [0, 0.05) is 23.2 Å². The minimum Gasteiger partial charge on any atom is -0.384 e. The lowest BCUT2D eigenvalue weighted by molar-refractivity contribution is 0.388. The second kappa shape index (κ2) is 4.67. The summed E-state index contributed by atoms with van der Waals surface area (Å²) in [6, 6.07) is 6.18. The normalized spacial score (nSPS) is 20.7. The molecule has 0 saturated heterocycles. The van der Waals surface area contributed by atoms with Crippen LogP contribution in [0.5, 0.6) is 0 Å². The van der Waals surface area contributed by atoms with Crippen molar-refractivity contribution in [2.75, 3.05) is 11.9 Å². The van der Waals surface area contributed by atoms with Crippen molar-refractivity contribution < 1.29 is 0 Å². The average Bonchev–Trinajstić information content (AvgIpc) is 2.59. The Morgan fingerprint density at radius 2 is 2.12 bits per heavy atom. The SMILES string of the molecule is CC(C)CC(C)C1CNc2ccc(Cl)cc21. The minimum atomic E-state index is 0.621. The van der Waals surface area contributed by atoms with Gasteiger partial charge in [-0.05, 0) is 42.0 Å². The maximum absolute atomic E-state index is 6.07. The summed E-state index contributed by atoms with van der Waals surface area (Å²) in [6.45, 7) is 7.99. The Kier molecular flexibility index (Phi) is 3.44. The van der Waals surface area contributed by atoms with Crippen LogP contribution in [0.25, 0.3) is 0 Å². The van der Waals surface area contributed by atoms with Gasteiger partial charge < -0.3 is 5.32 Å². The van der Waals surface area contributed by atoms with E-state index in [4.69, 9.17) is 11.6 Å². The Bertz CT molecular complexity index is 373. The van der Waals surface area contributed by atoms with Gasteiger partial charge in [0.25, 0.3) is 0 Å². The molecule has 1 aromatic rings. The van der Waals surface area contributed by atoms with Gasteiger partial charge in [0.2, 0.25) is 0 Å². The van der Waals surface area contributed by atoms with Crippen molar-refractivity contribution in [1.82, 2.24) is 0 Å². The number of nitrogens with one attached hydrogen (secondary N) is 1. The predicted molar refractivity (Wildman–Crippen MR) is 71.3 cm³/mol. The number of hydrogen-bond acceptors (Lipinski definition) is 1. The van der Waals surface area contributed by atoms with E-state index in [1.807, 2.05) is 6.07 Å². The van der Waals surface area contributed by atoms with E-state index < -0.39 is 0 Å². The first-order chi connectivity index (χ1) is 7.58. The molecule has 1 heterocycles. The summed E-state index contributed by atoms with van der Waals surface area (Å²) in [7, 11) is 0. The number of rotatable bonds is 3. The third kappa shape index (κ3) is 2.35. The molecule has 2 heteroatoms. The number of anilines is 1. The molecule has 0 bridgehead atoms. The van der Waals surface area contributed by atoms with E-state index in [0.29, 0.717) is 11.8 Å². The Morgan fingerprint density at radius 1 is 1.38 bits per heavy atom. The van der Waals surface area contributed by atoms with Crippen LogP contribution in [-0.4, -0.2) is 6.54 Å². The fraction of sp³-hybridized carbons (Fsp3) is 0.571. The molecular formula is C14H20ClN. The van der Waals surface area contributed by atoms with Crippen LogP contribution in [-0.2, 0) is 0 Å². The molecule has 0 aromatic heterocycles. The van der Waals surface area contributed by atoms with Crippen LogP contribution in [0.3, 0.4) is 0 Å². The zero-order chi connectivity index (χ0) is 11.7. The molecule has 1 aliphatic rings. The number of halogens is 1. The van der Waals surface area contributed by atoms with Crippen molar-refractivity contribution >= 4 is 17.3 Å². The molecule has 0 spiro atoms. The number of benzene rings is 1. The fourth-order valence-corrected chi connectivity index (χ4v) is 2.93. The molecule has 1 N–H and O–H groups in total. The van der Waals surface area contributed by atoms with E-state index in [1.54, 1.807) is 0 Å². The lowest BCUT2D eigenvalue weighted by Crippen LogP contribution is -2.14. The zero-order valence-electron chi connectivity index (χ0n) is 10.3. The van der Waals surface area contributed by atoms with Gasteiger partial charge in [-0.1, -0.05) is 32.4 Å². The largest absolute Gasteiger partial charge is 0.384 e. The van der Waals surface area contributed by atoms with Crippen molar-refractivity contribution in [3.63, 3.8) is 0 Å². The molecule has 0 fully saturated rings. The third-order valence-corrected chi connectivity index (χ3v) is 3.69. The number of hydrogen-bond donors (Lipinski definition) is 1. The Morgan fingerprint density at radius 3 is 2.81 bits per heavy atom. The van der Waals surface area contributed by atoms with Crippen LogP contribution >= 0.6 is 11.6 Å². The molecule has 0 aliphatic carbocycles. The summed E-state index contributed by atoms with van der Waals surface area (Å²) in [5, 5.41) is 4.32. The Labute approximate surface area is 103 Å². The first-order valence-corrected chi connectivity index (χ1v) is 6.49. The van der Waals surface area contributed by atoms with Crippen molar-refractivity contribution in [3.05, 3.63) is 28.8 Å². The third-order valence-electron chi connectivity index (χ3n) is 3.46. The molecular weight excluding hydrogens is 218 g/mol. The quantitative estimate of drug-likeness (QED) is 0.815. The summed E-state index contributed by atoms with van der Waals surface area (Å²) < 4.78 is 0. The van der Waals surface area contributed by atoms with Crippen LogP contribution in [0.2, 0.25) is 5.02 Å². The first-order valence-electron chi connectivity index (χ1n) is 6.11. The van der Waals surface area contributed by atoms with Crippen LogP contribution < -0.4 is 5.32 Å². The van der Waals surface area contributed by atoms with Gasteiger partial charge in [-0.25, -0.2) is 0 Å². The first kappa shape index (κ1) is 11.8. The molecule has 2 unspecified atom stereocenters. The highest BCUT2D eigenvalue weighted by Crippen LogP contribution is 2.39. The minimum absolute atomic E-state index is 0.621. The van der Waals surface area contributed by atoms with Crippen LogP contribution in [0.15, 0.2) is 18.2 Å². The van der Waals surface area contributed by atoms with Crippen LogP contribution in [0, 0.1) is 11.8 Å². The van der Waals surface area contributed by atoms with Gasteiger partial charge in [-0.15, -0.1) is 0 Å². The number of fused-ring (bicyclic) bond motifs is 1. The molecule has 0 radical (unpaired) electrons. The molecule has 0 amide bonds. The summed E-state index contributed by atoms with van der Waals surface area (Å²) in [4.78, 5) is 0. The summed E-state index contributed by atoms with van der Waals surface area (Å²) in [6.07, 6.45) is 1.28. The highest BCUT2D eigenvalue weighted by Gasteiger charge is 2.27. The van der Waals surface area contributed by atoms with E-state index in [1.165, 1.54) is 17.7 Å². The second-order valence-corrected chi connectivity index (χ2v) is 5.76. The maximum Gasteiger partial charge on any atom is 0.0410 e. The molecule has 1 aliphatic heterocycles. The molecule has 16 heavy (non-hydrogen) atoms. The van der Waals surface area contributed by atoms with Gasteiger partial charge in [0.1, 0.15) is 0 Å². The van der Waals surface area contributed by atoms with Gasteiger partial charge >= 0.3 is 0 Å². The van der Waals surface area contributed by atoms with Gasteiger partial charge in [-0.2, -0.15) is 0 Å². The van der Waals surface area contributed by atoms with Gasteiger partial charge in [-0.3, -0.25) is 0 Å². The summed E-state index contributed by atoms with van der Waals surface area (Å²) in [5.74, 6) is 2.10. The fourth-order valence-electron chi connectivity index (χ4n) is 2.75. The maximum atomic E-state index is 6.07. The lowest BCUT2D eigenvalue weighted by Gasteiger charge is -2.21. The van der Waals surface area contributed by atoms with Gasteiger partial charge in [0.15, 0.2) is 0 Å². The van der Waals surface area contributed by atoms with E-state index in [9.17, 15) is 0 Å². The molecule has 1 nitrogen and oxygen atoms in total. The highest BCUT2D eigenvalue weighted by molar-refractivity contribution is 6.30. The van der Waals surface area contributed by atoms with Gasteiger partial charge in [0.05, 0.1) is 0 Å². The van der Waals surface area contributed by atoms with E-state index in [2.05, 4.69) is 38.2 Å². The van der Waals surface area contributed by atoms with Crippen molar-refractivity contribution in [2.45, 2.75) is 33.1 Å². The van der Waals surface area contributed by atoms with Crippen LogP contribution in [0.1, 0.15) is 38.7 Å². The average molecular weight is 238 g/mol. The second-order valence-electron chi connectivity index (χ2n) is 5.33. The monoisotopic (exact) mass is 237 g/mol. The summed E-state index contributed by atoms with van der Waals surface area (Å²) in [5.41, 5.74) is 2.67. The lowest BCUT2D eigenvalue weighted by atomic mass is 9.83. The van der Waals surface area contributed by atoms with Crippen molar-refractivity contribution in [3.8, 4) is 0 Å². The summed E-state index contributed by atoms with van der Waals surface area (Å²) >= 11 is 6.07. The Hall–Kier alpha value is -0.690. The molecule has 88 valence electrons. The smallest absolute Gasteiger partial charge is 0.0410 e. The molecule has 1 aromatic carbocycles. The van der Waals surface area contributed by atoms with Crippen molar-refractivity contribution in [2.24, 2.45) is 11.8 Å². The standard InChI is InChI=1S/C14H20ClN/c1-9(2)6-10(3)13-8-16-14-5-4-11(15)7-12(13)14/h4-5,7,9-10,13,16H,6,8H2,1-3H3. The van der Waals surface area contributed by atoms with E-state index in [0.717, 1.165) is 17.5 Å². The highest BCUT2D eigenvalue weighted by atomic mass is 35.5. The topological polar surface area (TPSA) is 12.0 Å². The molecule has 0 saturated carbocycles. The van der Waals surface area contributed by atoms with Crippen LogP contribution in [0.4, 0.5) is 5.69 Å². The Balaban J connectivity index is 2.19. The van der Waals surface area contributed by atoms with E-state index >= 15 is 0 Å².